The molecular weight excluding hydrogens is 168 g/mol. The normalized spacial score (nSPS) is 19.9. The number of hydrogen-bond donors (Lipinski definition) is 0. The lowest BCUT2D eigenvalue weighted by molar-refractivity contribution is 0.251. The van der Waals surface area contributed by atoms with Gasteiger partial charge in [-0.2, -0.15) is 0 Å². The molecule has 0 unspecified atom stereocenters. The van der Waals surface area contributed by atoms with E-state index in [-0.39, 0.29) is 0 Å². The zero-order chi connectivity index (χ0) is 10.9. The second-order valence-electron chi connectivity index (χ2n) is 5.44. The molecule has 1 rings (SSSR count). The monoisotopic (exact) mass is 192 g/mol. The molecule has 1 aliphatic rings. The molecule has 0 radical (unpaired) electrons. The van der Waals surface area contributed by atoms with Crippen LogP contribution in [0.4, 0.5) is 0 Å². The highest BCUT2D eigenvalue weighted by Gasteiger charge is 2.35. The first-order chi connectivity index (χ1) is 6.40. The first-order valence-electron chi connectivity index (χ1n) is 5.82. The van der Waals surface area contributed by atoms with Gasteiger partial charge in [0.25, 0.3) is 0 Å². The Labute approximate surface area is 89.1 Å². The van der Waals surface area contributed by atoms with E-state index in [9.17, 15) is 0 Å². The SMILES string of the molecule is CC(C)C1=CC(C(C)C)(C(C)C)C=C1. The van der Waals surface area contributed by atoms with Crippen molar-refractivity contribution in [3.8, 4) is 0 Å². The summed E-state index contributed by atoms with van der Waals surface area (Å²) in [6, 6.07) is 0. The minimum atomic E-state index is 0.305. The molecule has 0 saturated heterocycles. The number of hydrogen-bond acceptors (Lipinski definition) is 0. The first kappa shape index (κ1) is 11.6. The third-order valence-electron chi connectivity index (χ3n) is 3.65. The summed E-state index contributed by atoms with van der Waals surface area (Å²) in [6.45, 7) is 13.8. The van der Waals surface area contributed by atoms with Gasteiger partial charge in [0.1, 0.15) is 0 Å². The van der Waals surface area contributed by atoms with Gasteiger partial charge in [-0.15, -0.1) is 0 Å². The number of rotatable bonds is 3. The van der Waals surface area contributed by atoms with Gasteiger partial charge in [0.15, 0.2) is 0 Å². The minimum Gasteiger partial charge on any atom is -0.0737 e. The molecule has 14 heavy (non-hydrogen) atoms. The van der Waals surface area contributed by atoms with Crippen LogP contribution in [0.25, 0.3) is 0 Å². The smallest absolute Gasteiger partial charge is 0.0116 e. The van der Waals surface area contributed by atoms with Gasteiger partial charge in [-0.25, -0.2) is 0 Å². The van der Waals surface area contributed by atoms with Crippen LogP contribution in [0.1, 0.15) is 41.5 Å². The van der Waals surface area contributed by atoms with Gasteiger partial charge < -0.3 is 0 Å². The van der Waals surface area contributed by atoms with Crippen molar-refractivity contribution in [2.24, 2.45) is 23.2 Å². The van der Waals surface area contributed by atoms with E-state index < -0.39 is 0 Å². The van der Waals surface area contributed by atoms with Crippen LogP contribution in [-0.2, 0) is 0 Å². The van der Waals surface area contributed by atoms with Crippen LogP contribution < -0.4 is 0 Å². The summed E-state index contributed by atoms with van der Waals surface area (Å²) in [5, 5.41) is 0. The van der Waals surface area contributed by atoms with Crippen molar-refractivity contribution in [3.63, 3.8) is 0 Å². The maximum atomic E-state index is 2.49. The standard InChI is InChI=1S/C14H24/c1-10(2)13-7-8-14(9-13,11(3)4)12(5)6/h7-12H,1-6H3. The molecule has 0 bridgehead atoms. The Morgan fingerprint density at radius 3 is 1.64 bits per heavy atom. The Morgan fingerprint density at radius 2 is 1.43 bits per heavy atom. The van der Waals surface area contributed by atoms with Gasteiger partial charge in [0, 0.05) is 5.41 Å². The fraction of sp³-hybridized carbons (Fsp3) is 0.714. The lowest BCUT2D eigenvalue weighted by Gasteiger charge is -2.34. The predicted octanol–water partition coefficient (Wildman–Crippen LogP) is 4.44. The van der Waals surface area contributed by atoms with Crippen LogP contribution in [0, 0.1) is 23.2 Å². The number of allylic oxidation sites excluding steroid dienone is 4. The Morgan fingerprint density at radius 1 is 0.929 bits per heavy atom. The molecule has 0 amide bonds. The molecule has 0 saturated carbocycles. The van der Waals surface area contributed by atoms with Crippen molar-refractivity contribution < 1.29 is 0 Å². The van der Waals surface area contributed by atoms with Gasteiger partial charge in [0.2, 0.25) is 0 Å². The summed E-state index contributed by atoms with van der Waals surface area (Å²) in [6.07, 6.45) is 7.23. The van der Waals surface area contributed by atoms with Gasteiger partial charge in [0.05, 0.1) is 0 Å². The summed E-state index contributed by atoms with van der Waals surface area (Å²) in [5.74, 6) is 2.04. The Balaban J connectivity index is 3.02. The predicted molar refractivity (Wildman–Crippen MR) is 64.2 cm³/mol. The molecule has 0 heteroatoms. The molecule has 80 valence electrons. The van der Waals surface area contributed by atoms with Crippen LogP contribution in [-0.4, -0.2) is 0 Å². The second-order valence-corrected chi connectivity index (χ2v) is 5.44. The topological polar surface area (TPSA) is 0 Å². The fourth-order valence-corrected chi connectivity index (χ4v) is 2.37. The van der Waals surface area contributed by atoms with Crippen molar-refractivity contribution in [3.05, 3.63) is 23.8 Å². The van der Waals surface area contributed by atoms with Crippen LogP contribution in [0.2, 0.25) is 0 Å². The minimum absolute atomic E-state index is 0.305. The Hall–Kier alpha value is -0.520. The van der Waals surface area contributed by atoms with E-state index in [4.69, 9.17) is 0 Å². The van der Waals surface area contributed by atoms with E-state index in [1.165, 1.54) is 5.57 Å². The van der Waals surface area contributed by atoms with E-state index in [1.54, 1.807) is 0 Å². The van der Waals surface area contributed by atoms with E-state index >= 15 is 0 Å². The van der Waals surface area contributed by atoms with Crippen LogP contribution in [0.15, 0.2) is 23.8 Å². The average Bonchev–Trinajstić information content (AvgIpc) is 2.48. The van der Waals surface area contributed by atoms with Crippen molar-refractivity contribution in [1.82, 2.24) is 0 Å². The van der Waals surface area contributed by atoms with Gasteiger partial charge in [-0.1, -0.05) is 59.8 Å². The highest BCUT2D eigenvalue weighted by molar-refractivity contribution is 5.36. The molecule has 0 aromatic rings. The van der Waals surface area contributed by atoms with Gasteiger partial charge in [-0.05, 0) is 23.3 Å². The molecule has 0 aromatic heterocycles. The Kier molecular flexibility index (Phi) is 3.24. The zero-order valence-electron chi connectivity index (χ0n) is 10.5. The lowest BCUT2D eigenvalue weighted by Crippen LogP contribution is -2.27. The van der Waals surface area contributed by atoms with Crippen molar-refractivity contribution >= 4 is 0 Å². The maximum Gasteiger partial charge on any atom is 0.0116 e. The van der Waals surface area contributed by atoms with E-state index in [0.29, 0.717) is 23.2 Å². The zero-order valence-corrected chi connectivity index (χ0v) is 10.5. The summed E-state index contributed by atoms with van der Waals surface area (Å²) < 4.78 is 0. The van der Waals surface area contributed by atoms with Crippen molar-refractivity contribution in [1.29, 1.82) is 0 Å². The molecule has 0 nitrogen and oxygen atoms in total. The van der Waals surface area contributed by atoms with Crippen molar-refractivity contribution in [2.45, 2.75) is 41.5 Å². The third kappa shape index (κ3) is 1.80. The molecule has 0 aliphatic heterocycles. The maximum absolute atomic E-state index is 2.49. The second kappa shape index (κ2) is 3.92. The molecule has 0 fully saturated rings. The van der Waals surface area contributed by atoms with E-state index in [0.717, 1.165) is 0 Å². The third-order valence-corrected chi connectivity index (χ3v) is 3.65. The van der Waals surface area contributed by atoms with Crippen molar-refractivity contribution in [2.75, 3.05) is 0 Å². The summed E-state index contributed by atoms with van der Waals surface area (Å²) in [4.78, 5) is 0. The molecule has 0 atom stereocenters. The van der Waals surface area contributed by atoms with Gasteiger partial charge in [-0.3, -0.25) is 0 Å². The molecule has 0 heterocycles. The molecule has 0 spiro atoms. The van der Waals surface area contributed by atoms with Crippen LogP contribution in [0.5, 0.6) is 0 Å². The highest BCUT2D eigenvalue weighted by atomic mass is 14.4. The van der Waals surface area contributed by atoms with Crippen LogP contribution >= 0.6 is 0 Å². The average molecular weight is 192 g/mol. The lowest BCUT2D eigenvalue weighted by atomic mass is 9.70. The summed E-state index contributed by atoms with van der Waals surface area (Å²) in [5.41, 5.74) is 1.81. The Bertz CT molecular complexity index is 243. The quantitative estimate of drug-likeness (QED) is 0.620. The molecular formula is C14H24. The summed E-state index contributed by atoms with van der Waals surface area (Å²) >= 11 is 0. The largest absolute Gasteiger partial charge is 0.0737 e. The first-order valence-corrected chi connectivity index (χ1v) is 5.82. The van der Waals surface area contributed by atoms with E-state index in [2.05, 4.69) is 59.8 Å². The van der Waals surface area contributed by atoms with E-state index in [1.807, 2.05) is 0 Å². The highest BCUT2D eigenvalue weighted by Crippen LogP contribution is 2.44. The molecule has 0 N–H and O–H groups in total. The summed E-state index contributed by atoms with van der Waals surface area (Å²) in [7, 11) is 0. The molecule has 1 aliphatic carbocycles. The fourth-order valence-electron chi connectivity index (χ4n) is 2.37. The van der Waals surface area contributed by atoms with Gasteiger partial charge >= 0.3 is 0 Å². The van der Waals surface area contributed by atoms with Crippen LogP contribution in [0.3, 0.4) is 0 Å². The molecule has 0 aromatic carbocycles.